The molecule has 0 atom stereocenters. The third-order valence-corrected chi connectivity index (χ3v) is 3.18. The van der Waals surface area contributed by atoms with Crippen LogP contribution in [0.1, 0.15) is 19.4 Å². The number of nitrogens with zero attached hydrogens (tertiary/aromatic N) is 1. The van der Waals surface area contributed by atoms with E-state index < -0.39 is 0 Å². The molecular formula is C13H19ClN2. The summed E-state index contributed by atoms with van der Waals surface area (Å²) in [5.41, 5.74) is 1.52. The highest BCUT2D eigenvalue weighted by Gasteiger charge is 2.25. The predicted molar refractivity (Wildman–Crippen MR) is 68.8 cm³/mol. The van der Waals surface area contributed by atoms with Crippen LogP contribution in [0.4, 0.5) is 0 Å². The summed E-state index contributed by atoms with van der Waals surface area (Å²) in [6.07, 6.45) is 0. The van der Waals surface area contributed by atoms with E-state index in [0.29, 0.717) is 0 Å². The van der Waals surface area contributed by atoms with Crippen LogP contribution in [-0.2, 0) is 6.54 Å². The fourth-order valence-electron chi connectivity index (χ4n) is 2.27. The van der Waals surface area contributed by atoms with Crippen LogP contribution in [0, 0.1) is 0 Å². The normalized spacial score (nSPS) is 20.9. The fraction of sp³-hybridized carbons (Fsp3) is 0.538. The zero-order valence-corrected chi connectivity index (χ0v) is 10.7. The van der Waals surface area contributed by atoms with E-state index in [1.807, 2.05) is 12.1 Å². The molecule has 1 heterocycles. The zero-order chi connectivity index (χ0) is 11.6. The van der Waals surface area contributed by atoms with Gasteiger partial charge in [0, 0.05) is 36.7 Å². The summed E-state index contributed by atoms with van der Waals surface area (Å²) in [5.74, 6) is 0. The molecule has 0 radical (unpaired) electrons. The lowest BCUT2D eigenvalue weighted by Crippen LogP contribution is -2.56. The molecule has 1 N–H and O–H groups in total. The van der Waals surface area contributed by atoms with Gasteiger partial charge in [0.05, 0.1) is 0 Å². The Bertz CT molecular complexity index is 363. The molecule has 1 saturated heterocycles. The van der Waals surface area contributed by atoms with Crippen molar-refractivity contribution in [2.75, 3.05) is 19.6 Å². The second-order valence-electron chi connectivity index (χ2n) is 5.15. The molecule has 1 fully saturated rings. The SMILES string of the molecule is CC1(C)CN(Cc2cccc(Cl)c2)CCN1. The molecule has 88 valence electrons. The summed E-state index contributed by atoms with van der Waals surface area (Å²) in [6, 6.07) is 8.13. The quantitative estimate of drug-likeness (QED) is 0.852. The highest BCUT2D eigenvalue weighted by molar-refractivity contribution is 6.30. The van der Waals surface area contributed by atoms with Gasteiger partial charge in [0.15, 0.2) is 0 Å². The van der Waals surface area contributed by atoms with E-state index in [2.05, 4.69) is 36.2 Å². The predicted octanol–water partition coefficient (Wildman–Crippen LogP) is 2.52. The second kappa shape index (κ2) is 4.74. The first-order valence-electron chi connectivity index (χ1n) is 5.77. The standard InChI is InChI=1S/C13H19ClN2/c1-13(2)10-16(7-6-15-13)9-11-4-3-5-12(14)8-11/h3-5,8,15H,6-7,9-10H2,1-2H3. The van der Waals surface area contributed by atoms with E-state index in [0.717, 1.165) is 31.2 Å². The minimum absolute atomic E-state index is 0.219. The number of hydrogen-bond donors (Lipinski definition) is 1. The Labute approximate surface area is 103 Å². The molecule has 1 aliphatic heterocycles. The van der Waals surface area contributed by atoms with E-state index >= 15 is 0 Å². The number of rotatable bonds is 2. The van der Waals surface area contributed by atoms with Crippen molar-refractivity contribution in [3.05, 3.63) is 34.9 Å². The fourth-order valence-corrected chi connectivity index (χ4v) is 2.49. The van der Waals surface area contributed by atoms with E-state index in [-0.39, 0.29) is 5.54 Å². The van der Waals surface area contributed by atoms with E-state index in [4.69, 9.17) is 11.6 Å². The summed E-state index contributed by atoms with van der Waals surface area (Å²) in [7, 11) is 0. The van der Waals surface area contributed by atoms with Crippen LogP contribution in [0.5, 0.6) is 0 Å². The molecule has 0 saturated carbocycles. The van der Waals surface area contributed by atoms with E-state index in [1.165, 1.54) is 5.56 Å². The topological polar surface area (TPSA) is 15.3 Å². The molecule has 0 unspecified atom stereocenters. The lowest BCUT2D eigenvalue weighted by atomic mass is 10.0. The molecule has 1 aliphatic rings. The molecule has 1 aromatic rings. The molecule has 0 amide bonds. The summed E-state index contributed by atoms with van der Waals surface area (Å²) in [5, 5.41) is 4.34. The molecule has 0 spiro atoms. The van der Waals surface area contributed by atoms with Crippen LogP contribution >= 0.6 is 11.6 Å². The van der Waals surface area contributed by atoms with Crippen LogP contribution in [0.2, 0.25) is 5.02 Å². The first-order valence-corrected chi connectivity index (χ1v) is 6.15. The van der Waals surface area contributed by atoms with Gasteiger partial charge in [-0.15, -0.1) is 0 Å². The van der Waals surface area contributed by atoms with E-state index in [1.54, 1.807) is 0 Å². The van der Waals surface area contributed by atoms with Gasteiger partial charge < -0.3 is 5.32 Å². The summed E-state index contributed by atoms with van der Waals surface area (Å²) in [4.78, 5) is 2.47. The van der Waals surface area contributed by atoms with E-state index in [9.17, 15) is 0 Å². The zero-order valence-electron chi connectivity index (χ0n) is 9.96. The first kappa shape index (κ1) is 11.9. The Kier molecular flexibility index (Phi) is 3.53. The molecule has 0 bridgehead atoms. The van der Waals surface area contributed by atoms with Crippen LogP contribution in [0.15, 0.2) is 24.3 Å². The largest absolute Gasteiger partial charge is 0.309 e. The Balaban J connectivity index is 1.99. The van der Waals surface area contributed by atoms with Gasteiger partial charge in [-0.2, -0.15) is 0 Å². The van der Waals surface area contributed by atoms with Gasteiger partial charge in [-0.25, -0.2) is 0 Å². The molecule has 3 heteroatoms. The van der Waals surface area contributed by atoms with Crippen molar-refractivity contribution in [1.82, 2.24) is 10.2 Å². The van der Waals surface area contributed by atoms with Crippen molar-refractivity contribution in [3.63, 3.8) is 0 Å². The Morgan fingerprint density at radius 1 is 1.44 bits per heavy atom. The van der Waals surface area contributed by atoms with Crippen LogP contribution in [-0.4, -0.2) is 30.1 Å². The molecule has 0 aromatic heterocycles. The van der Waals surface area contributed by atoms with Crippen molar-refractivity contribution in [2.45, 2.75) is 25.9 Å². The van der Waals surface area contributed by atoms with Crippen LogP contribution in [0.25, 0.3) is 0 Å². The molecule has 16 heavy (non-hydrogen) atoms. The van der Waals surface area contributed by atoms with Gasteiger partial charge in [-0.1, -0.05) is 23.7 Å². The average Bonchev–Trinajstić information content (AvgIpc) is 2.15. The molecular weight excluding hydrogens is 220 g/mol. The lowest BCUT2D eigenvalue weighted by molar-refractivity contribution is 0.148. The third kappa shape index (κ3) is 3.21. The van der Waals surface area contributed by atoms with Crippen molar-refractivity contribution in [1.29, 1.82) is 0 Å². The maximum absolute atomic E-state index is 5.99. The molecule has 2 nitrogen and oxygen atoms in total. The van der Waals surface area contributed by atoms with Gasteiger partial charge >= 0.3 is 0 Å². The third-order valence-electron chi connectivity index (χ3n) is 2.95. The lowest BCUT2D eigenvalue weighted by Gasteiger charge is -2.39. The van der Waals surface area contributed by atoms with Crippen molar-refractivity contribution in [3.8, 4) is 0 Å². The number of hydrogen-bond acceptors (Lipinski definition) is 2. The minimum atomic E-state index is 0.219. The first-order chi connectivity index (χ1) is 7.55. The van der Waals surface area contributed by atoms with Crippen LogP contribution in [0.3, 0.4) is 0 Å². The molecule has 2 rings (SSSR count). The smallest absolute Gasteiger partial charge is 0.0409 e. The van der Waals surface area contributed by atoms with Gasteiger partial charge in [-0.05, 0) is 31.5 Å². The highest BCUT2D eigenvalue weighted by Crippen LogP contribution is 2.16. The van der Waals surface area contributed by atoms with Crippen molar-refractivity contribution in [2.24, 2.45) is 0 Å². The maximum atomic E-state index is 5.99. The summed E-state index contributed by atoms with van der Waals surface area (Å²) in [6.45, 7) is 8.74. The van der Waals surface area contributed by atoms with Crippen molar-refractivity contribution >= 4 is 11.6 Å². The summed E-state index contributed by atoms with van der Waals surface area (Å²) >= 11 is 5.99. The second-order valence-corrected chi connectivity index (χ2v) is 5.59. The van der Waals surface area contributed by atoms with Gasteiger partial charge in [0.25, 0.3) is 0 Å². The Hall–Kier alpha value is -0.570. The Morgan fingerprint density at radius 2 is 2.25 bits per heavy atom. The highest BCUT2D eigenvalue weighted by atomic mass is 35.5. The molecule has 1 aromatic carbocycles. The number of piperazine rings is 1. The summed E-state index contributed by atoms with van der Waals surface area (Å²) < 4.78 is 0. The van der Waals surface area contributed by atoms with Gasteiger partial charge in [0.1, 0.15) is 0 Å². The van der Waals surface area contributed by atoms with Gasteiger partial charge in [0.2, 0.25) is 0 Å². The monoisotopic (exact) mass is 238 g/mol. The number of nitrogens with one attached hydrogen (secondary N) is 1. The Morgan fingerprint density at radius 3 is 2.94 bits per heavy atom. The molecule has 0 aliphatic carbocycles. The van der Waals surface area contributed by atoms with Gasteiger partial charge in [-0.3, -0.25) is 4.90 Å². The van der Waals surface area contributed by atoms with Crippen LogP contribution < -0.4 is 5.32 Å². The van der Waals surface area contributed by atoms with Crippen molar-refractivity contribution < 1.29 is 0 Å². The maximum Gasteiger partial charge on any atom is 0.0409 e. The average molecular weight is 239 g/mol. The number of benzene rings is 1. The minimum Gasteiger partial charge on any atom is -0.309 e. The number of halogens is 1.